The topological polar surface area (TPSA) is 0 Å². The van der Waals surface area contributed by atoms with Gasteiger partial charge in [0.15, 0.2) is 0 Å². The van der Waals surface area contributed by atoms with Crippen LogP contribution in [0.25, 0.3) is 0 Å². The predicted molar refractivity (Wildman–Crippen MR) is 104 cm³/mol. The Hall–Kier alpha value is -1.50. The molecule has 0 nitrogen and oxygen atoms in total. The highest BCUT2D eigenvalue weighted by molar-refractivity contribution is 6.87. The van der Waals surface area contributed by atoms with E-state index >= 15 is 0 Å². The van der Waals surface area contributed by atoms with Crippen molar-refractivity contribution in [3.8, 4) is 0 Å². The fraction of sp³-hybridized carbons (Fsp3) is 0.455. The second kappa shape index (κ2) is 5.55. The molecule has 0 atom stereocenters. The molecule has 1 aliphatic rings. The fourth-order valence-electron chi connectivity index (χ4n) is 4.65. The summed E-state index contributed by atoms with van der Waals surface area (Å²) in [5, 5.41) is 0. The molecule has 0 saturated carbocycles. The van der Waals surface area contributed by atoms with Gasteiger partial charge in [0.1, 0.15) is 0 Å². The molecular formula is C22H29B. The SMILES string of the molecule is Cc1c(C(C)C)ccc2c1B(C(C)C)c1ccccc1C2(C)C. The third-order valence-corrected chi connectivity index (χ3v) is 5.80. The summed E-state index contributed by atoms with van der Waals surface area (Å²) in [7, 11) is 0. The Morgan fingerprint density at radius 3 is 2.13 bits per heavy atom. The average Bonchev–Trinajstić information content (AvgIpc) is 2.48. The van der Waals surface area contributed by atoms with Gasteiger partial charge in [0.25, 0.3) is 0 Å². The van der Waals surface area contributed by atoms with Gasteiger partial charge in [-0.15, -0.1) is 0 Å². The normalized spacial score (nSPS) is 15.8. The molecule has 0 radical (unpaired) electrons. The molecular weight excluding hydrogens is 275 g/mol. The maximum Gasteiger partial charge on any atom is 0.213 e. The number of hydrogen-bond donors (Lipinski definition) is 0. The van der Waals surface area contributed by atoms with E-state index in [9.17, 15) is 0 Å². The highest BCUT2D eigenvalue weighted by Crippen LogP contribution is 2.36. The maximum atomic E-state index is 2.41. The lowest BCUT2D eigenvalue weighted by molar-refractivity contribution is 0.643. The highest BCUT2D eigenvalue weighted by atomic mass is 14.3. The quantitative estimate of drug-likeness (QED) is 0.701. The fourth-order valence-corrected chi connectivity index (χ4v) is 4.65. The zero-order chi connectivity index (χ0) is 16.9. The van der Waals surface area contributed by atoms with Crippen LogP contribution in [0.5, 0.6) is 0 Å². The Morgan fingerprint density at radius 1 is 0.870 bits per heavy atom. The molecule has 0 aromatic heterocycles. The second-order valence-electron chi connectivity index (χ2n) is 8.33. The molecule has 0 N–H and O–H groups in total. The Bertz CT molecular complexity index is 738. The van der Waals surface area contributed by atoms with E-state index in [1.54, 1.807) is 5.46 Å². The van der Waals surface area contributed by atoms with Crippen LogP contribution in [-0.2, 0) is 5.41 Å². The number of benzene rings is 2. The summed E-state index contributed by atoms with van der Waals surface area (Å²) in [4.78, 5) is 0. The van der Waals surface area contributed by atoms with Crippen LogP contribution in [0, 0.1) is 6.92 Å². The van der Waals surface area contributed by atoms with E-state index in [-0.39, 0.29) is 5.41 Å². The molecule has 0 bridgehead atoms. The van der Waals surface area contributed by atoms with E-state index in [0.717, 1.165) is 0 Å². The first-order valence-corrected chi connectivity index (χ1v) is 9.00. The minimum Gasteiger partial charge on any atom is -0.0699 e. The van der Waals surface area contributed by atoms with E-state index in [4.69, 9.17) is 0 Å². The standard InChI is InChI=1S/C22H29B/c1-14(2)17-12-13-19-21(16(17)5)23(15(3)4)20-11-9-8-10-18(20)22(19,6)7/h8-15H,1-7H3. The van der Waals surface area contributed by atoms with Crippen LogP contribution < -0.4 is 10.9 Å². The maximum absolute atomic E-state index is 2.41. The Kier molecular flexibility index (Phi) is 3.95. The van der Waals surface area contributed by atoms with Crippen molar-refractivity contribution in [2.45, 2.75) is 65.6 Å². The van der Waals surface area contributed by atoms with Crippen molar-refractivity contribution < 1.29 is 0 Å². The lowest BCUT2D eigenvalue weighted by atomic mass is 9.29. The molecule has 3 rings (SSSR count). The summed E-state index contributed by atoms with van der Waals surface area (Å²) in [6.07, 6.45) is 0. The van der Waals surface area contributed by atoms with Crippen LogP contribution in [0.2, 0.25) is 5.82 Å². The van der Waals surface area contributed by atoms with Gasteiger partial charge in [-0.1, -0.05) is 100 Å². The van der Waals surface area contributed by atoms with Gasteiger partial charge in [-0.2, -0.15) is 0 Å². The van der Waals surface area contributed by atoms with Crippen LogP contribution in [0.3, 0.4) is 0 Å². The van der Waals surface area contributed by atoms with Crippen molar-refractivity contribution >= 4 is 17.6 Å². The van der Waals surface area contributed by atoms with Crippen LogP contribution in [0.4, 0.5) is 0 Å². The number of rotatable bonds is 2. The van der Waals surface area contributed by atoms with Gasteiger partial charge in [-0.25, -0.2) is 0 Å². The molecule has 1 aliphatic heterocycles. The molecule has 0 spiro atoms. The van der Waals surface area contributed by atoms with Gasteiger partial charge < -0.3 is 0 Å². The molecule has 23 heavy (non-hydrogen) atoms. The number of hydrogen-bond acceptors (Lipinski definition) is 0. The minimum absolute atomic E-state index is 0.0809. The van der Waals surface area contributed by atoms with E-state index < -0.39 is 0 Å². The van der Waals surface area contributed by atoms with E-state index in [1.807, 2.05) is 0 Å². The monoisotopic (exact) mass is 304 g/mol. The molecule has 0 unspecified atom stereocenters. The zero-order valence-electron chi connectivity index (χ0n) is 15.7. The van der Waals surface area contributed by atoms with Crippen molar-refractivity contribution in [2.75, 3.05) is 0 Å². The molecule has 1 heteroatoms. The van der Waals surface area contributed by atoms with E-state index in [0.29, 0.717) is 18.4 Å². The number of fused-ring (bicyclic) bond motifs is 2. The molecule has 0 saturated heterocycles. The summed E-state index contributed by atoms with van der Waals surface area (Å²) in [5.74, 6) is 1.18. The predicted octanol–water partition coefficient (Wildman–Crippen LogP) is 4.78. The lowest BCUT2D eigenvalue weighted by Crippen LogP contribution is -2.56. The summed E-state index contributed by atoms with van der Waals surface area (Å²) >= 11 is 0. The van der Waals surface area contributed by atoms with Gasteiger partial charge in [-0.3, -0.25) is 0 Å². The van der Waals surface area contributed by atoms with Crippen LogP contribution in [0.15, 0.2) is 36.4 Å². The Morgan fingerprint density at radius 2 is 1.52 bits per heavy atom. The van der Waals surface area contributed by atoms with Crippen molar-refractivity contribution in [2.24, 2.45) is 0 Å². The van der Waals surface area contributed by atoms with Crippen molar-refractivity contribution in [1.82, 2.24) is 0 Å². The molecule has 0 fully saturated rings. The summed E-state index contributed by atoms with van der Waals surface area (Å²) in [6.45, 7) is 17.0. The van der Waals surface area contributed by atoms with Gasteiger partial charge in [0.2, 0.25) is 6.71 Å². The highest BCUT2D eigenvalue weighted by Gasteiger charge is 2.41. The van der Waals surface area contributed by atoms with Gasteiger partial charge >= 0.3 is 0 Å². The largest absolute Gasteiger partial charge is 0.213 e. The first kappa shape index (κ1) is 16.4. The van der Waals surface area contributed by atoms with Crippen LogP contribution in [0.1, 0.15) is 69.7 Å². The second-order valence-corrected chi connectivity index (χ2v) is 8.33. The molecule has 1 heterocycles. The molecule has 120 valence electrons. The third kappa shape index (κ3) is 2.36. The average molecular weight is 304 g/mol. The van der Waals surface area contributed by atoms with E-state index in [1.165, 1.54) is 27.7 Å². The van der Waals surface area contributed by atoms with E-state index in [2.05, 4.69) is 84.9 Å². The summed E-state index contributed by atoms with van der Waals surface area (Å²) in [5.41, 5.74) is 9.25. The molecule has 0 aliphatic carbocycles. The van der Waals surface area contributed by atoms with Crippen molar-refractivity contribution in [3.63, 3.8) is 0 Å². The Balaban J connectivity index is 2.37. The van der Waals surface area contributed by atoms with Crippen molar-refractivity contribution in [3.05, 3.63) is 58.7 Å². The van der Waals surface area contributed by atoms with Gasteiger partial charge in [0, 0.05) is 5.41 Å². The summed E-state index contributed by atoms with van der Waals surface area (Å²) < 4.78 is 0. The zero-order valence-corrected chi connectivity index (χ0v) is 15.7. The summed E-state index contributed by atoms with van der Waals surface area (Å²) in [6, 6.07) is 13.9. The smallest absolute Gasteiger partial charge is 0.0699 e. The first-order valence-electron chi connectivity index (χ1n) is 9.00. The Labute approximate surface area is 142 Å². The van der Waals surface area contributed by atoms with Crippen molar-refractivity contribution in [1.29, 1.82) is 0 Å². The molecule has 0 amide bonds. The third-order valence-electron chi connectivity index (χ3n) is 5.80. The molecule has 2 aromatic carbocycles. The lowest BCUT2D eigenvalue weighted by Gasteiger charge is -2.41. The van der Waals surface area contributed by atoms with Crippen LogP contribution >= 0.6 is 0 Å². The van der Waals surface area contributed by atoms with Gasteiger partial charge in [0.05, 0.1) is 0 Å². The first-order chi connectivity index (χ1) is 10.8. The van der Waals surface area contributed by atoms with Gasteiger partial charge in [-0.05, 0) is 29.5 Å². The minimum atomic E-state index is 0.0809. The van der Waals surface area contributed by atoms with Crippen LogP contribution in [-0.4, -0.2) is 6.71 Å². The molecule has 2 aromatic rings.